The van der Waals surface area contributed by atoms with Gasteiger partial charge in [0.2, 0.25) is 0 Å². The Morgan fingerprint density at radius 3 is 1.72 bits per heavy atom. The van der Waals surface area contributed by atoms with Crippen molar-refractivity contribution >= 4 is 65.0 Å². The van der Waals surface area contributed by atoms with Gasteiger partial charge < -0.3 is 4.42 Å². The molecule has 218 valence electrons. The van der Waals surface area contributed by atoms with Gasteiger partial charge in [0.15, 0.2) is 0 Å². The SMILES string of the molecule is [2H]c1c([2H])c([2H])c2c(-c3cccc4oc5c(-c6ccc7ccccc7c6)cccc5c34)c3c([2H])c([2H])c([2H])c([2H])c3c(-c3cccc4ccccc34)c2c1[2H]. The van der Waals surface area contributed by atoms with E-state index in [1.54, 1.807) is 0 Å². The van der Waals surface area contributed by atoms with E-state index in [0.29, 0.717) is 33.2 Å². The van der Waals surface area contributed by atoms with Crippen LogP contribution in [0.4, 0.5) is 0 Å². The molecule has 0 N–H and O–H groups in total. The van der Waals surface area contributed by atoms with E-state index >= 15 is 0 Å². The zero-order chi connectivity index (χ0) is 37.9. The normalized spacial score (nSPS) is 14.2. The van der Waals surface area contributed by atoms with Crippen LogP contribution in [-0.2, 0) is 0 Å². The summed E-state index contributed by atoms with van der Waals surface area (Å²) in [4.78, 5) is 0. The maximum Gasteiger partial charge on any atom is 0.143 e. The molecule has 0 aliphatic rings. The average Bonchev–Trinajstić information content (AvgIpc) is 3.61. The van der Waals surface area contributed by atoms with E-state index in [4.69, 9.17) is 9.90 Å². The third kappa shape index (κ3) is 3.90. The topological polar surface area (TPSA) is 13.1 Å². The maximum atomic E-state index is 9.47. The van der Waals surface area contributed by atoms with Crippen molar-refractivity contribution in [3.8, 4) is 33.4 Å². The standard InChI is InChI=1S/C46H28O/c1-2-14-31-28-32(27-26-29(31)12-1)34-21-10-24-41-45-40(23-11-25-42(45)47-46(34)41)44-38-19-7-5-17-36(38)43(37-18-6-8-20-39(37)44)35-22-9-15-30-13-3-4-16-33(30)35/h1-28H/i5D,6D,7D,8D,17D,18D,19D,20D. The van der Waals surface area contributed by atoms with Crippen LogP contribution in [-0.4, -0.2) is 0 Å². The van der Waals surface area contributed by atoms with E-state index in [9.17, 15) is 5.48 Å². The van der Waals surface area contributed by atoms with E-state index < -0.39 is 24.2 Å². The van der Waals surface area contributed by atoms with Crippen molar-refractivity contribution in [1.82, 2.24) is 0 Å². The molecule has 1 heterocycles. The van der Waals surface area contributed by atoms with Crippen molar-refractivity contribution in [2.45, 2.75) is 0 Å². The first-order valence-corrected chi connectivity index (χ1v) is 15.5. The molecule has 0 amide bonds. The van der Waals surface area contributed by atoms with Crippen LogP contribution in [0.25, 0.3) is 98.4 Å². The van der Waals surface area contributed by atoms with E-state index in [1.165, 1.54) is 0 Å². The number of furan rings is 1. The lowest BCUT2D eigenvalue weighted by Gasteiger charge is -2.19. The predicted octanol–water partition coefficient (Wildman–Crippen LogP) is 13.2. The van der Waals surface area contributed by atoms with Crippen molar-refractivity contribution in [3.63, 3.8) is 0 Å². The first kappa shape index (κ1) is 19.4. The van der Waals surface area contributed by atoms with Crippen LogP contribution < -0.4 is 0 Å². The second-order valence-corrected chi connectivity index (χ2v) is 11.8. The summed E-state index contributed by atoms with van der Waals surface area (Å²) in [6.45, 7) is 0. The highest BCUT2D eigenvalue weighted by Gasteiger charge is 2.21. The fourth-order valence-electron chi connectivity index (χ4n) is 7.25. The fourth-order valence-corrected chi connectivity index (χ4v) is 7.25. The molecule has 0 atom stereocenters. The molecule has 1 heteroatoms. The van der Waals surface area contributed by atoms with Gasteiger partial charge in [-0.15, -0.1) is 0 Å². The molecule has 0 spiro atoms. The third-order valence-corrected chi connectivity index (χ3v) is 9.29. The second kappa shape index (κ2) is 10.2. The molecule has 0 saturated carbocycles. The van der Waals surface area contributed by atoms with Crippen molar-refractivity contribution in [3.05, 3.63) is 170 Å². The first-order chi connectivity index (χ1) is 26.7. The quantitative estimate of drug-likeness (QED) is 0.183. The Morgan fingerprint density at radius 1 is 0.404 bits per heavy atom. The van der Waals surface area contributed by atoms with Crippen LogP contribution in [0.5, 0.6) is 0 Å². The minimum absolute atomic E-state index is 0.166. The summed E-state index contributed by atoms with van der Waals surface area (Å²) in [7, 11) is 0. The van der Waals surface area contributed by atoms with Crippen molar-refractivity contribution in [2.24, 2.45) is 0 Å². The first-order valence-electron chi connectivity index (χ1n) is 19.5. The fraction of sp³-hybridized carbons (Fsp3) is 0. The Hall–Kier alpha value is -6.18. The lowest BCUT2D eigenvalue weighted by Crippen LogP contribution is -1.92. The van der Waals surface area contributed by atoms with Crippen molar-refractivity contribution in [1.29, 1.82) is 0 Å². The van der Waals surface area contributed by atoms with Gasteiger partial charge in [-0.05, 0) is 83.0 Å². The summed E-state index contributed by atoms with van der Waals surface area (Å²) in [6, 6.07) is 36.2. The third-order valence-electron chi connectivity index (χ3n) is 9.29. The largest absolute Gasteiger partial charge is 0.455 e. The number of benzene rings is 9. The molecule has 1 nitrogen and oxygen atoms in total. The van der Waals surface area contributed by atoms with Crippen LogP contribution in [0, 0.1) is 0 Å². The average molecular weight is 605 g/mol. The van der Waals surface area contributed by atoms with Gasteiger partial charge in [0.25, 0.3) is 0 Å². The summed E-state index contributed by atoms with van der Waals surface area (Å²) >= 11 is 0. The Labute approximate surface area is 283 Å². The summed E-state index contributed by atoms with van der Waals surface area (Å²) in [5, 5.41) is 5.98. The lowest BCUT2D eigenvalue weighted by atomic mass is 9.84. The Bertz CT molecular complexity index is 3220. The lowest BCUT2D eigenvalue weighted by molar-refractivity contribution is 0.670. The van der Waals surface area contributed by atoms with E-state index in [0.717, 1.165) is 38.1 Å². The summed E-state index contributed by atoms with van der Waals surface area (Å²) < 4.78 is 80.0. The van der Waals surface area contributed by atoms with Gasteiger partial charge in [-0.25, -0.2) is 0 Å². The number of rotatable bonds is 3. The monoisotopic (exact) mass is 604 g/mol. The van der Waals surface area contributed by atoms with Gasteiger partial charge in [0.1, 0.15) is 11.2 Å². The molecule has 0 fully saturated rings. The minimum atomic E-state index is -0.439. The number of hydrogen-bond acceptors (Lipinski definition) is 1. The van der Waals surface area contributed by atoms with E-state index in [1.807, 2.05) is 91.0 Å². The summed E-state index contributed by atoms with van der Waals surface area (Å²) in [5.41, 5.74) is 4.73. The zero-order valence-corrected chi connectivity index (χ0v) is 25.0. The molecule has 1 aromatic heterocycles. The molecule has 9 aromatic carbocycles. The summed E-state index contributed by atoms with van der Waals surface area (Å²) in [5.74, 6) is 0. The molecule has 0 aliphatic heterocycles. The molecular weight excluding hydrogens is 569 g/mol. The van der Waals surface area contributed by atoms with Gasteiger partial charge in [-0.2, -0.15) is 0 Å². The van der Waals surface area contributed by atoms with Crippen LogP contribution in [0.3, 0.4) is 0 Å². The van der Waals surface area contributed by atoms with Crippen LogP contribution in [0.2, 0.25) is 0 Å². The van der Waals surface area contributed by atoms with Gasteiger partial charge >= 0.3 is 0 Å². The molecule has 0 radical (unpaired) electrons. The number of fused-ring (bicyclic) bond motifs is 7. The smallest absolute Gasteiger partial charge is 0.143 e. The molecule has 0 unspecified atom stereocenters. The maximum absolute atomic E-state index is 9.47. The molecule has 0 bridgehead atoms. The molecular formula is C46H28O. The zero-order valence-electron chi connectivity index (χ0n) is 33.0. The highest BCUT2D eigenvalue weighted by atomic mass is 16.3. The Balaban J connectivity index is 1.42. The van der Waals surface area contributed by atoms with Crippen LogP contribution in [0.15, 0.2) is 174 Å². The predicted molar refractivity (Wildman–Crippen MR) is 200 cm³/mol. The molecule has 10 rings (SSSR count). The van der Waals surface area contributed by atoms with Crippen molar-refractivity contribution in [2.75, 3.05) is 0 Å². The van der Waals surface area contributed by atoms with Gasteiger partial charge in [0, 0.05) is 16.3 Å². The molecule has 0 aliphatic carbocycles. The van der Waals surface area contributed by atoms with E-state index in [-0.39, 0.29) is 51.3 Å². The second-order valence-electron chi connectivity index (χ2n) is 11.8. The Morgan fingerprint density at radius 2 is 0.957 bits per heavy atom. The van der Waals surface area contributed by atoms with Crippen LogP contribution in [0.1, 0.15) is 11.0 Å². The molecule has 47 heavy (non-hydrogen) atoms. The van der Waals surface area contributed by atoms with Gasteiger partial charge in [-0.1, -0.05) is 158 Å². The number of hydrogen-bond donors (Lipinski definition) is 0. The summed E-state index contributed by atoms with van der Waals surface area (Å²) in [6.07, 6.45) is 0. The van der Waals surface area contributed by atoms with Gasteiger partial charge in [0.05, 0.1) is 11.0 Å². The van der Waals surface area contributed by atoms with Crippen molar-refractivity contribution < 1.29 is 15.4 Å². The minimum Gasteiger partial charge on any atom is -0.455 e. The van der Waals surface area contributed by atoms with Gasteiger partial charge in [-0.3, -0.25) is 0 Å². The molecule has 0 saturated heterocycles. The number of para-hydroxylation sites is 1. The van der Waals surface area contributed by atoms with Crippen LogP contribution >= 0.6 is 0 Å². The highest BCUT2D eigenvalue weighted by molar-refractivity contribution is 6.27. The Kier molecular flexibility index (Phi) is 4.19. The van der Waals surface area contributed by atoms with E-state index in [2.05, 4.69) is 30.3 Å². The molecule has 10 aromatic rings. The highest BCUT2D eigenvalue weighted by Crippen LogP contribution is 2.48.